The Bertz CT molecular complexity index is 1020. The van der Waals surface area contributed by atoms with Gasteiger partial charge in [-0.25, -0.2) is 4.39 Å². The van der Waals surface area contributed by atoms with Crippen LogP contribution in [0.5, 0.6) is 11.5 Å². The zero-order valence-corrected chi connectivity index (χ0v) is 16.5. The minimum atomic E-state index is -0.889. The molecule has 0 unspecified atom stereocenters. The summed E-state index contributed by atoms with van der Waals surface area (Å²) in [5, 5.41) is 3.42. The molecular formula is C24H22FNO4. The fraction of sp³-hybridized carbons (Fsp3) is 0.208. The van der Waals surface area contributed by atoms with E-state index in [4.69, 9.17) is 14.2 Å². The third-order valence-electron chi connectivity index (χ3n) is 5.15. The van der Waals surface area contributed by atoms with Crippen LogP contribution in [0.3, 0.4) is 0 Å². The van der Waals surface area contributed by atoms with E-state index in [1.807, 2.05) is 42.5 Å². The second-order valence-corrected chi connectivity index (χ2v) is 6.98. The lowest BCUT2D eigenvalue weighted by Gasteiger charge is -2.28. The number of rotatable bonds is 7. The Kier molecular flexibility index (Phi) is 5.95. The van der Waals surface area contributed by atoms with Crippen LogP contribution in [0.25, 0.3) is 0 Å². The van der Waals surface area contributed by atoms with Crippen LogP contribution < -0.4 is 14.8 Å². The van der Waals surface area contributed by atoms with Crippen molar-refractivity contribution in [1.29, 1.82) is 0 Å². The Morgan fingerprint density at radius 1 is 1.03 bits per heavy atom. The molecule has 0 bridgehead atoms. The molecule has 0 saturated carbocycles. The number of nitrogens with one attached hydrogen (secondary N) is 1. The molecule has 3 aromatic rings. The molecule has 0 fully saturated rings. The van der Waals surface area contributed by atoms with Gasteiger partial charge in [-0.2, -0.15) is 0 Å². The summed E-state index contributed by atoms with van der Waals surface area (Å²) in [6, 6.07) is 21.0. The number of ether oxygens (including phenoxy) is 3. The van der Waals surface area contributed by atoms with E-state index in [2.05, 4.69) is 5.32 Å². The number of benzene rings is 3. The lowest BCUT2D eigenvalue weighted by Crippen LogP contribution is -2.32. The first kappa shape index (κ1) is 19.9. The Balaban J connectivity index is 1.75. The van der Waals surface area contributed by atoms with Crippen LogP contribution in [-0.4, -0.2) is 19.9 Å². The average Bonchev–Trinajstić information content (AvgIpc) is 3.25. The maximum absolute atomic E-state index is 14.7. The lowest BCUT2D eigenvalue weighted by atomic mass is 9.86. The highest BCUT2D eigenvalue weighted by Gasteiger charge is 2.34. The van der Waals surface area contributed by atoms with Crippen molar-refractivity contribution >= 4 is 5.97 Å². The first-order chi connectivity index (χ1) is 14.7. The molecule has 1 aliphatic rings. The largest absolute Gasteiger partial charge is 0.468 e. The van der Waals surface area contributed by atoms with Crippen LogP contribution in [0.1, 0.15) is 28.7 Å². The number of hydrogen-bond donors (Lipinski definition) is 1. The van der Waals surface area contributed by atoms with Crippen LogP contribution in [-0.2, 0) is 16.1 Å². The van der Waals surface area contributed by atoms with Crippen molar-refractivity contribution < 1.29 is 23.4 Å². The standard InChI is InChI=1S/C24H22FNO4/c1-28-24(27)22(18-9-5-6-10-19(18)25)23(26-14-16-7-3-2-4-8-16)17-11-12-20-21(13-17)30-15-29-20/h2-13,22-23,26H,14-15H2,1H3/t22-,23+/m0/s1. The zero-order valence-electron chi connectivity index (χ0n) is 16.5. The maximum Gasteiger partial charge on any atom is 0.315 e. The molecule has 1 aliphatic heterocycles. The Hall–Kier alpha value is -3.38. The van der Waals surface area contributed by atoms with E-state index in [-0.39, 0.29) is 12.4 Å². The molecule has 5 nitrogen and oxygen atoms in total. The molecule has 0 saturated heterocycles. The predicted molar refractivity (Wildman–Crippen MR) is 110 cm³/mol. The lowest BCUT2D eigenvalue weighted by molar-refractivity contribution is -0.143. The van der Waals surface area contributed by atoms with Gasteiger partial charge in [0.1, 0.15) is 11.7 Å². The van der Waals surface area contributed by atoms with Crippen LogP contribution in [0.2, 0.25) is 0 Å². The van der Waals surface area contributed by atoms with Crippen LogP contribution in [0, 0.1) is 5.82 Å². The molecule has 30 heavy (non-hydrogen) atoms. The van der Waals surface area contributed by atoms with Gasteiger partial charge in [-0.05, 0) is 29.3 Å². The van der Waals surface area contributed by atoms with E-state index in [1.54, 1.807) is 24.3 Å². The van der Waals surface area contributed by atoms with Crippen LogP contribution in [0.15, 0.2) is 72.8 Å². The summed E-state index contributed by atoms with van der Waals surface area (Å²) >= 11 is 0. The summed E-state index contributed by atoms with van der Waals surface area (Å²) in [6.07, 6.45) is 0. The van der Waals surface area contributed by atoms with E-state index in [0.29, 0.717) is 18.0 Å². The number of hydrogen-bond acceptors (Lipinski definition) is 5. The Labute approximate surface area is 174 Å². The molecule has 0 aromatic heterocycles. The van der Waals surface area contributed by atoms with E-state index >= 15 is 0 Å². The summed E-state index contributed by atoms with van der Waals surface area (Å²) in [6.45, 7) is 0.635. The Morgan fingerprint density at radius 2 is 1.77 bits per heavy atom. The fourth-order valence-electron chi connectivity index (χ4n) is 3.66. The van der Waals surface area contributed by atoms with Gasteiger partial charge in [0.25, 0.3) is 0 Å². The normalized spacial score (nSPS) is 14.2. The van der Waals surface area contributed by atoms with Gasteiger partial charge in [0.2, 0.25) is 6.79 Å². The van der Waals surface area contributed by atoms with E-state index in [0.717, 1.165) is 11.1 Å². The van der Waals surface area contributed by atoms with Crippen molar-refractivity contribution in [2.45, 2.75) is 18.5 Å². The molecule has 4 rings (SSSR count). The summed E-state index contributed by atoms with van der Waals surface area (Å²) in [4.78, 5) is 12.8. The molecule has 3 aromatic carbocycles. The smallest absolute Gasteiger partial charge is 0.315 e. The number of methoxy groups -OCH3 is 1. The topological polar surface area (TPSA) is 56.8 Å². The molecular weight excluding hydrogens is 385 g/mol. The SMILES string of the molecule is COC(=O)[C@@H](c1ccccc1F)[C@H](NCc1ccccc1)c1ccc2c(c1)OCO2. The number of carbonyl (C=O) groups excluding carboxylic acids is 1. The van der Waals surface area contributed by atoms with Gasteiger partial charge < -0.3 is 19.5 Å². The van der Waals surface area contributed by atoms with Crippen molar-refractivity contribution in [2.75, 3.05) is 13.9 Å². The fourth-order valence-corrected chi connectivity index (χ4v) is 3.66. The van der Waals surface area contributed by atoms with Gasteiger partial charge in [0.15, 0.2) is 11.5 Å². The number of esters is 1. The van der Waals surface area contributed by atoms with Gasteiger partial charge in [-0.3, -0.25) is 4.79 Å². The average molecular weight is 407 g/mol. The zero-order chi connectivity index (χ0) is 20.9. The quantitative estimate of drug-likeness (QED) is 0.591. The van der Waals surface area contributed by atoms with Crippen molar-refractivity contribution in [1.82, 2.24) is 5.32 Å². The third-order valence-corrected chi connectivity index (χ3v) is 5.15. The first-order valence-electron chi connectivity index (χ1n) is 9.66. The summed E-state index contributed by atoms with van der Waals surface area (Å²) in [5.74, 6) is -0.638. The Morgan fingerprint density at radius 3 is 2.53 bits per heavy atom. The second kappa shape index (κ2) is 8.97. The van der Waals surface area contributed by atoms with Gasteiger partial charge in [0, 0.05) is 12.1 Å². The molecule has 154 valence electrons. The van der Waals surface area contributed by atoms with Crippen LogP contribution in [0.4, 0.5) is 4.39 Å². The second-order valence-electron chi connectivity index (χ2n) is 6.98. The maximum atomic E-state index is 14.7. The highest BCUT2D eigenvalue weighted by Crippen LogP contribution is 2.39. The molecule has 2 atom stereocenters. The van der Waals surface area contributed by atoms with Gasteiger partial charge in [-0.15, -0.1) is 0 Å². The molecule has 0 radical (unpaired) electrons. The molecule has 1 N–H and O–H groups in total. The highest BCUT2D eigenvalue weighted by molar-refractivity contribution is 5.79. The van der Waals surface area contributed by atoms with Gasteiger partial charge in [-0.1, -0.05) is 54.6 Å². The monoisotopic (exact) mass is 407 g/mol. The minimum Gasteiger partial charge on any atom is -0.468 e. The van der Waals surface area contributed by atoms with E-state index in [1.165, 1.54) is 13.2 Å². The summed E-state index contributed by atoms with van der Waals surface area (Å²) in [7, 11) is 1.31. The highest BCUT2D eigenvalue weighted by atomic mass is 19.1. The molecule has 0 amide bonds. The van der Waals surface area contributed by atoms with Crippen molar-refractivity contribution in [3.63, 3.8) is 0 Å². The molecule has 1 heterocycles. The van der Waals surface area contributed by atoms with Gasteiger partial charge >= 0.3 is 5.97 Å². The van der Waals surface area contributed by atoms with Gasteiger partial charge in [0.05, 0.1) is 13.2 Å². The van der Waals surface area contributed by atoms with Crippen molar-refractivity contribution in [2.24, 2.45) is 0 Å². The minimum absolute atomic E-state index is 0.147. The van der Waals surface area contributed by atoms with Crippen LogP contribution >= 0.6 is 0 Å². The third kappa shape index (κ3) is 4.14. The number of fused-ring (bicyclic) bond motifs is 1. The predicted octanol–water partition coefficient (Wildman–Crippen LogP) is 4.34. The molecule has 0 spiro atoms. The summed E-state index contributed by atoms with van der Waals surface area (Å²) in [5.41, 5.74) is 2.09. The number of carbonyl (C=O) groups is 1. The number of halogens is 1. The van der Waals surface area contributed by atoms with E-state index < -0.39 is 23.7 Å². The first-order valence-corrected chi connectivity index (χ1v) is 9.66. The van der Waals surface area contributed by atoms with Crippen molar-refractivity contribution in [3.05, 3.63) is 95.3 Å². The summed E-state index contributed by atoms with van der Waals surface area (Å²) < 4.78 is 30.7. The van der Waals surface area contributed by atoms with E-state index in [9.17, 15) is 9.18 Å². The molecule has 0 aliphatic carbocycles. The molecule has 6 heteroatoms. The van der Waals surface area contributed by atoms with Crippen molar-refractivity contribution in [3.8, 4) is 11.5 Å².